The van der Waals surface area contributed by atoms with E-state index in [-0.39, 0.29) is 11.8 Å². The van der Waals surface area contributed by atoms with Crippen LogP contribution in [0.3, 0.4) is 0 Å². The first-order chi connectivity index (χ1) is 9.06. The van der Waals surface area contributed by atoms with Crippen molar-refractivity contribution in [1.29, 1.82) is 0 Å². The SMILES string of the molecule is CCC[C@H](N)C(=O)Nc1ccc(CC(=O)NC)cc1. The number of rotatable bonds is 6. The molecule has 0 fully saturated rings. The minimum absolute atomic E-state index is 0.0400. The molecule has 0 aliphatic rings. The summed E-state index contributed by atoms with van der Waals surface area (Å²) < 4.78 is 0. The molecule has 5 heteroatoms. The van der Waals surface area contributed by atoms with Gasteiger partial charge in [-0.3, -0.25) is 9.59 Å². The maximum atomic E-state index is 11.7. The quantitative estimate of drug-likeness (QED) is 0.717. The monoisotopic (exact) mass is 263 g/mol. The highest BCUT2D eigenvalue weighted by Crippen LogP contribution is 2.11. The molecule has 0 heterocycles. The molecular weight excluding hydrogens is 242 g/mol. The van der Waals surface area contributed by atoms with E-state index >= 15 is 0 Å². The summed E-state index contributed by atoms with van der Waals surface area (Å²) in [5.74, 6) is -0.220. The van der Waals surface area contributed by atoms with Crippen molar-refractivity contribution in [3.05, 3.63) is 29.8 Å². The molecule has 0 aliphatic carbocycles. The maximum Gasteiger partial charge on any atom is 0.241 e. The molecule has 0 radical (unpaired) electrons. The average molecular weight is 263 g/mol. The molecule has 1 aromatic rings. The van der Waals surface area contributed by atoms with Gasteiger partial charge in [0.1, 0.15) is 0 Å². The molecule has 2 amide bonds. The second-order valence-corrected chi connectivity index (χ2v) is 4.43. The number of hydrogen-bond acceptors (Lipinski definition) is 3. The smallest absolute Gasteiger partial charge is 0.241 e. The zero-order valence-electron chi connectivity index (χ0n) is 11.4. The highest BCUT2D eigenvalue weighted by Gasteiger charge is 2.12. The lowest BCUT2D eigenvalue weighted by molar-refractivity contribution is -0.120. The van der Waals surface area contributed by atoms with Crippen LogP contribution in [-0.2, 0) is 16.0 Å². The number of carbonyl (C=O) groups is 2. The first kappa shape index (κ1) is 15.2. The van der Waals surface area contributed by atoms with Crippen LogP contribution in [0.25, 0.3) is 0 Å². The average Bonchev–Trinajstić information content (AvgIpc) is 2.41. The third-order valence-electron chi connectivity index (χ3n) is 2.80. The summed E-state index contributed by atoms with van der Waals surface area (Å²) in [6.45, 7) is 1.99. The van der Waals surface area contributed by atoms with Crippen LogP contribution in [0.2, 0.25) is 0 Å². The Hall–Kier alpha value is -1.88. The summed E-state index contributed by atoms with van der Waals surface area (Å²) in [5, 5.41) is 5.32. The topological polar surface area (TPSA) is 84.2 Å². The largest absolute Gasteiger partial charge is 0.359 e. The van der Waals surface area contributed by atoms with Gasteiger partial charge in [-0.05, 0) is 24.1 Å². The van der Waals surface area contributed by atoms with Gasteiger partial charge >= 0.3 is 0 Å². The first-order valence-corrected chi connectivity index (χ1v) is 6.42. The first-order valence-electron chi connectivity index (χ1n) is 6.42. The molecule has 0 unspecified atom stereocenters. The molecule has 0 bridgehead atoms. The summed E-state index contributed by atoms with van der Waals surface area (Å²) >= 11 is 0. The molecule has 1 rings (SSSR count). The Bertz CT molecular complexity index is 429. The summed E-state index contributed by atoms with van der Waals surface area (Å²) in [6.07, 6.45) is 1.88. The van der Waals surface area contributed by atoms with Gasteiger partial charge < -0.3 is 16.4 Å². The number of likely N-dealkylation sites (N-methyl/N-ethyl adjacent to an activating group) is 1. The van der Waals surface area contributed by atoms with E-state index in [0.29, 0.717) is 18.5 Å². The molecule has 0 spiro atoms. The molecule has 104 valence electrons. The Balaban J connectivity index is 2.57. The van der Waals surface area contributed by atoms with E-state index in [2.05, 4.69) is 10.6 Å². The van der Waals surface area contributed by atoms with Crippen LogP contribution in [0.4, 0.5) is 5.69 Å². The van der Waals surface area contributed by atoms with Gasteiger partial charge in [-0.2, -0.15) is 0 Å². The summed E-state index contributed by atoms with van der Waals surface area (Å²) in [6, 6.07) is 6.70. The van der Waals surface area contributed by atoms with E-state index in [1.54, 1.807) is 19.2 Å². The van der Waals surface area contributed by atoms with Gasteiger partial charge in [-0.1, -0.05) is 25.5 Å². The second kappa shape index (κ2) is 7.53. The van der Waals surface area contributed by atoms with Crippen LogP contribution in [0.15, 0.2) is 24.3 Å². The molecule has 0 saturated heterocycles. The molecule has 5 nitrogen and oxygen atoms in total. The Kier molecular flexibility index (Phi) is 6.02. The third-order valence-corrected chi connectivity index (χ3v) is 2.80. The minimum atomic E-state index is -0.476. The predicted octanol–water partition coefficient (Wildman–Crippen LogP) is 1.04. The zero-order valence-corrected chi connectivity index (χ0v) is 11.4. The van der Waals surface area contributed by atoms with E-state index < -0.39 is 6.04 Å². The zero-order chi connectivity index (χ0) is 14.3. The second-order valence-electron chi connectivity index (χ2n) is 4.43. The van der Waals surface area contributed by atoms with Gasteiger partial charge in [-0.15, -0.1) is 0 Å². The fourth-order valence-electron chi connectivity index (χ4n) is 1.66. The minimum Gasteiger partial charge on any atom is -0.359 e. The lowest BCUT2D eigenvalue weighted by atomic mass is 10.1. The standard InChI is InChI=1S/C14H21N3O2/c1-3-4-12(15)14(19)17-11-7-5-10(6-8-11)9-13(18)16-2/h5-8,12H,3-4,9,15H2,1-2H3,(H,16,18)(H,17,19)/t12-/m0/s1. The van der Waals surface area contributed by atoms with Crippen molar-refractivity contribution < 1.29 is 9.59 Å². The third kappa shape index (κ3) is 5.09. The highest BCUT2D eigenvalue weighted by atomic mass is 16.2. The van der Waals surface area contributed by atoms with Gasteiger partial charge in [0, 0.05) is 12.7 Å². The van der Waals surface area contributed by atoms with Crippen molar-refractivity contribution in [3.8, 4) is 0 Å². The number of benzene rings is 1. The predicted molar refractivity (Wildman–Crippen MR) is 75.7 cm³/mol. The van der Waals surface area contributed by atoms with Crippen LogP contribution in [0, 0.1) is 0 Å². The molecule has 1 aromatic carbocycles. The van der Waals surface area contributed by atoms with Crippen LogP contribution in [0.1, 0.15) is 25.3 Å². The number of amides is 2. The van der Waals surface area contributed by atoms with Gasteiger partial charge in [0.25, 0.3) is 0 Å². The van der Waals surface area contributed by atoms with Gasteiger partial charge in [0.15, 0.2) is 0 Å². The van der Waals surface area contributed by atoms with Crippen molar-refractivity contribution in [3.63, 3.8) is 0 Å². The Morgan fingerprint density at radius 1 is 1.26 bits per heavy atom. The Morgan fingerprint density at radius 2 is 1.89 bits per heavy atom. The van der Waals surface area contributed by atoms with E-state index in [1.165, 1.54) is 0 Å². The number of nitrogens with two attached hydrogens (primary N) is 1. The van der Waals surface area contributed by atoms with Crippen LogP contribution < -0.4 is 16.4 Å². The Labute approximate surface area is 113 Å². The molecule has 0 aliphatic heterocycles. The van der Waals surface area contributed by atoms with Crippen molar-refractivity contribution in [2.45, 2.75) is 32.2 Å². The molecule has 0 saturated carbocycles. The Morgan fingerprint density at radius 3 is 2.42 bits per heavy atom. The molecule has 1 atom stereocenters. The molecular formula is C14H21N3O2. The number of hydrogen-bond donors (Lipinski definition) is 3. The van der Waals surface area contributed by atoms with E-state index in [1.807, 2.05) is 19.1 Å². The molecule has 0 aromatic heterocycles. The number of anilines is 1. The van der Waals surface area contributed by atoms with Crippen LogP contribution >= 0.6 is 0 Å². The molecule has 4 N–H and O–H groups in total. The van der Waals surface area contributed by atoms with Crippen molar-refractivity contribution >= 4 is 17.5 Å². The van der Waals surface area contributed by atoms with Gasteiger partial charge in [0.05, 0.1) is 12.5 Å². The summed E-state index contributed by atoms with van der Waals surface area (Å²) in [4.78, 5) is 22.9. The summed E-state index contributed by atoms with van der Waals surface area (Å²) in [7, 11) is 1.60. The van der Waals surface area contributed by atoms with Crippen molar-refractivity contribution in [2.24, 2.45) is 5.73 Å². The van der Waals surface area contributed by atoms with Crippen LogP contribution in [0.5, 0.6) is 0 Å². The fraction of sp³-hybridized carbons (Fsp3) is 0.429. The number of carbonyl (C=O) groups excluding carboxylic acids is 2. The lowest BCUT2D eigenvalue weighted by Crippen LogP contribution is -2.35. The van der Waals surface area contributed by atoms with E-state index in [9.17, 15) is 9.59 Å². The summed E-state index contributed by atoms with van der Waals surface area (Å²) in [5.41, 5.74) is 7.31. The van der Waals surface area contributed by atoms with Crippen molar-refractivity contribution in [2.75, 3.05) is 12.4 Å². The van der Waals surface area contributed by atoms with Crippen LogP contribution in [-0.4, -0.2) is 24.9 Å². The maximum absolute atomic E-state index is 11.7. The molecule has 19 heavy (non-hydrogen) atoms. The van der Waals surface area contributed by atoms with E-state index in [4.69, 9.17) is 5.73 Å². The number of nitrogens with one attached hydrogen (secondary N) is 2. The normalized spacial score (nSPS) is 11.7. The van der Waals surface area contributed by atoms with E-state index in [0.717, 1.165) is 12.0 Å². The van der Waals surface area contributed by atoms with Gasteiger partial charge in [0.2, 0.25) is 11.8 Å². The fourth-order valence-corrected chi connectivity index (χ4v) is 1.66. The van der Waals surface area contributed by atoms with Crippen molar-refractivity contribution in [1.82, 2.24) is 5.32 Å². The highest BCUT2D eigenvalue weighted by molar-refractivity contribution is 5.94. The van der Waals surface area contributed by atoms with Gasteiger partial charge in [-0.25, -0.2) is 0 Å². The lowest BCUT2D eigenvalue weighted by Gasteiger charge is -2.11.